The zero-order valence-corrected chi connectivity index (χ0v) is 10.3. The van der Waals surface area contributed by atoms with Crippen LogP contribution < -0.4 is 5.32 Å². The zero-order chi connectivity index (χ0) is 10.9. The summed E-state index contributed by atoms with van der Waals surface area (Å²) in [6.07, 6.45) is 6.58. The van der Waals surface area contributed by atoms with Crippen molar-refractivity contribution in [2.24, 2.45) is 0 Å². The molecule has 0 heterocycles. The average Bonchev–Trinajstić information content (AvgIpc) is 2.25. The van der Waals surface area contributed by atoms with Crippen LogP contribution in [0, 0.1) is 0 Å². The van der Waals surface area contributed by atoms with E-state index in [1.165, 1.54) is 32.1 Å². The maximum atomic E-state index is 5.21. The van der Waals surface area contributed by atoms with Crippen LogP contribution in [0.5, 0.6) is 0 Å². The summed E-state index contributed by atoms with van der Waals surface area (Å²) in [5, 5.41) is 3.39. The third kappa shape index (κ3) is 5.03. The van der Waals surface area contributed by atoms with E-state index in [0.29, 0.717) is 0 Å². The van der Waals surface area contributed by atoms with Crippen LogP contribution in [0.15, 0.2) is 29.2 Å². The number of hydrogen-bond donors (Lipinski definition) is 1. The Morgan fingerprint density at radius 3 is 2.53 bits per heavy atom. The molecule has 15 heavy (non-hydrogen) atoms. The summed E-state index contributed by atoms with van der Waals surface area (Å²) >= 11 is 5.21. The lowest BCUT2D eigenvalue weighted by Crippen LogP contribution is -2.01. The number of anilines is 1. The number of nitrogens with one attached hydrogen (secondary N) is 1. The van der Waals surface area contributed by atoms with E-state index >= 15 is 0 Å². The van der Waals surface area contributed by atoms with Crippen molar-refractivity contribution in [2.45, 2.75) is 43.9 Å². The molecule has 0 aliphatic carbocycles. The molecule has 1 N–H and O–H groups in total. The minimum Gasteiger partial charge on any atom is -0.384 e. The average molecular weight is 222 g/mol. The van der Waals surface area contributed by atoms with E-state index in [1.54, 1.807) is 0 Å². The fourth-order valence-electron chi connectivity index (χ4n) is 1.56. The molecule has 0 saturated heterocycles. The second-order valence-corrected chi connectivity index (χ2v) is 4.28. The molecule has 1 nitrogen and oxygen atoms in total. The van der Waals surface area contributed by atoms with E-state index in [4.69, 9.17) is 12.6 Å². The number of hydrogen-bond acceptors (Lipinski definition) is 1. The van der Waals surface area contributed by atoms with Gasteiger partial charge in [0.15, 0.2) is 0 Å². The molecule has 1 aromatic carbocycles. The summed E-state index contributed by atoms with van der Waals surface area (Å²) in [6, 6.07) is 8.02. The van der Waals surface area contributed by atoms with Gasteiger partial charge in [0.25, 0.3) is 0 Å². The predicted octanol–water partition coefficient (Wildman–Crippen LogP) is 4.63. The molecular weight excluding hydrogens is 202 g/mol. The predicted molar refractivity (Wildman–Crippen MR) is 69.5 cm³/mol. The summed E-state index contributed by atoms with van der Waals surface area (Å²) < 4.78 is 0. The van der Waals surface area contributed by atoms with Crippen LogP contribution >= 0.6 is 12.6 Å². The highest BCUT2D eigenvalue weighted by molar-refractivity contribution is 7.80. The van der Waals surface area contributed by atoms with Gasteiger partial charge >= 0.3 is 0 Å². The minimum absolute atomic E-state index is 0.922. The largest absolute Gasteiger partial charge is 0.384 e. The Hall–Kier alpha value is -0.760. The van der Waals surface area contributed by atoms with Gasteiger partial charge < -0.3 is 5.32 Å². The molecule has 1 radical (unpaired) electrons. The van der Waals surface area contributed by atoms with E-state index in [-0.39, 0.29) is 0 Å². The normalized spacial score (nSPS) is 10.2. The van der Waals surface area contributed by atoms with Crippen molar-refractivity contribution in [1.82, 2.24) is 0 Å². The van der Waals surface area contributed by atoms with Gasteiger partial charge in [-0.2, -0.15) is 0 Å². The fraction of sp³-hybridized carbons (Fsp3) is 0.538. The first-order valence-electron chi connectivity index (χ1n) is 5.84. The van der Waals surface area contributed by atoms with Crippen LogP contribution in [0.4, 0.5) is 5.69 Å². The molecule has 2 heteroatoms. The van der Waals surface area contributed by atoms with Crippen LogP contribution in [-0.4, -0.2) is 6.54 Å². The molecule has 0 aliphatic heterocycles. The molecule has 0 spiro atoms. The van der Waals surface area contributed by atoms with Crippen LogP contribution in [0.25, 0.3) is 0 Å². The Bertz CT molecular complexity index is 273. The van der Waals surface area contributed by atoms with Gasteiger partial charge in [-0.25, -0.2) is 0 Å². The quantitative estimate of drug-likeness (QED) is 0.663. The Morgan fingerprint density at radius 2 is 1.80 bits per heavy atom. The van der Waals surface area contributed by atoms with E-state index in [2.05, 4.69) is 12.2 Å². The third-order valence-electron chi connectivity index (χ3n) is 2.48. The maximum Gasteiger partial charge on any atom is 0.0608 e. The molecule has 0 aromatic heterocycles. The molecule has 1 rings (SSSR count). The molecule has 0 aliphatic rings. The SMILES string of the molecule is CCCCCCCNc1ccccc1[S]. The first-order valence-corrected chi connectivity index (χ1v) is 6.25. The van der Waals surface area contributed by atoms with Crippen molar-refractivity contribution in [2.75, 3.05) is 11.9 Å². The van der Waals surface area contributed by atoms with Crippen LogP contribution in [0.1, 0.15) is 39.0 Å². The van der Waals surface area contributed by atoms with Crippen LogP contribution in [-0.2, 0) is 0 Å². The van der Waals surface area contributed by atoms with Gasteiger partial charge in [-0.15, -0.1) is 0 Å². The smallest absolute Gasteiger partial charge is 0.0608 e. The van der Waals surface area contributed by atoms with Gasteiger partial charge in [0, 0.05) is 6.54 Å². The van der Waals surface area contributed by atoms with Gasteiger partial charge in [-0.05, 0) is 18.6 Å². The van der Waals surface area contributed by atoms with Gasteiger partial charge in [-0.3, -0.25) is 0 Å². The summed E-state index contributed by atoms with van der Waals surface area (Å²) in [6.45, 7) is 3.28. The molecular formula is C13H20NS. The molecule has 0 unspecified atom stereocenters. The summed E-state index contributed by atoms with van der Waals surface area (Å²) in [5.41, 5.74) is 1.10. The molecule has 0 saturated carbocycles. The lowest BCUT2D eigenvalue weighted by Gasteiger charge is -2.07. The van der Waals surface area contributed by atoms with Gasteiger partial charge in [0.05, 0.1) is 10.6 Å². The van der Waals surface area contributed by atoms with Crippen LogP contribution in [0.2, 0.25) is 0 Å². The van der Waals surface area contributed by atoms with E-state index in [0.717, 1.165) is 17.1 Å². The van der Waals surface area contributed by atoms with Crippen molar-refractivity contribution in [3.63, 3.8) is 0 Å². The lowest BCUT2D eigenvalue weighted by molar-refractivity contribution is 0.645. The van der Waals surface area contributed by atoms with Crippen LogP contribution in [0.3, 0.4) is 0 Å². The molecule has 0 bridgehead atoms. The summed E-state index contributed by atoms with van der Waals surface area (Å²) in [5.74, 6) is 0. The van der Waals surface area contributed by atoms with Gasteiger partial charge in [0.2, 0.25) is 0 Å². The second-order valence-electron chi connectivity index (χ2n) is 3.84. The van der Waals surface area contributed by atoms with Crippen molar-refractivity contribution in [3.8, 4) is 0 Å². The van der Waals surface area contributed by atoms with Gasteiger partial charge in [-0.1, -0.05) is 57.4 Å². The van der Waals surface area contributed by atoms with E-state index < -0.39 is 0 Å². The molecule has 0 fully saturated rings. The first-order chi connectivity index (χ1) is 7.34. The monoisotopic (exact) mass is 222 g/mol. The maximum absolute atomic E-state index is 5.21. The Morgan fingerprint density at radius 1 is 1.07 bits per heavy atom. The molecule has 1 aromatic rings. The Kier molecular flexibility index (Phi) is 6.17. The second kappa shape index (κ2) is 7.52. The van der Waals surface area contributed by atoms with Crippen molar-refractivity contribution >= 4 is 18.3 Å². The Labute approximate surface area is 98.7 Å². The standard InChI is InChI=1S/C13H20NS/c1-2-3-4-5-8-11-14-12-9-6-7-10-13(12)15/h6-7,9-10,14H,2-5,8,11H2,1H3. The highest BCUT2D eigenvalue weighted by Crippen LogP contribution is 2.18. The van der Waals surface area contributed by atoms with Gasteiger partial charge in [0.1, 0.15) is 0 Å². The molecule has 0 amide bonds. The molecule has 83 valence electrons. The van der Waals surface area contributed by atoms with Crippen molar-refractivity contribution < 1.29 is 0 Å². The zero-order valence-electron chi connectivity index (χ0n) is 9.46. The van der Waals surface area contributed by atoms with E-state index in [1.807, 2.05) is 24.3 Å². The van der Waals surface area contributed by atoms with Crippen molar-refractivity contribution in [3.05, 3.63) is 24.3 Å². The third-order valence-corrected chi connectivity index (χ3v) is 2.84. The topological polar surface area (TPSA) is 12.0 Å². The minimum atomic E-state index is 0.922. The number of unbranched alkanes of at least 4 members (excludes halogenated alkanes) is 4. The van der Waals surface area contributed by atoms with Crippen molar-refractivity contribution in [1.29, 1.82) is 0 Å². The number of para-hydroxylation sites is 1. The molecule has 0 atom stereocenters. The number of rotatable bonds is 7. The highest BCUT2D eigenvalue weighted by atomic mass is 32.1. The first kappa shape index (κ1) is 12.3. The lowest BCUT2D eigenvalue weighted by atomic mass is 10.1. The highest BCUT2D eigenvalue weighted by Gasteiger charge is 1.96. The summed E-state index contributed by atoms with van der Waals surface area (Å²) in [4.78, 5) is 0.922. The fourth-order valence-corrected chi connectivity index (χ4v) is 1.78. The van der Waals surface area contributed by atoms with E-state index in [9.17, 15) is 0 Å². The Balaban J connectivity index is 2.12. The number of benzene rings is 1. The summed E-state index contributed by atoms with van der Waals surface area (Å²) in [7, 11) is 0.